The maximum Gasteiger partial charge on any atom is 0.203 e. The average Bonchev–Trinajstić information content (AvgIpc) is 2.83. The molecule has 0 spiro atoms. The number of nitrogens with zero attached hydrogens (tertiary/aromatic N) is 2. The lowest BCUT2D eigenvalue weighted by Gasteiger charge is -2.11. The van der Waals surface area contributed by atoms with E-state index in [4.69, 9.17) is 0 Å². The molecular formula is C11H17N3O2S. The van der Waals surface area contributed by atoms with Crippen molar-refractivity contribution in [3.8, 4) is 0 Å². The van der Waals surface area contributed by atoms with E-state index in [1.54, 1.807) is 12.3 Å². The number of rotatable bonds is 5. The van der Waals surface area contributed by atoms with Crippen LogP contribution < -0.4 is 5.32 Å². The zero-order valence-electron chi connectivity index (χ0n) is 9.67. The first kappa shape index (κ1) is 12.2. The third kappa shape index (κ3) is 3.09. The Balaban J connectivity index is 1.90. The van der Waals surface area contributed by atoms with E-state index < -0.39 is 9.84 Å². The van der Waals surface area contributed by atoms with Crippen molar-refractivity contribution in [2.45, 2.75) is 13.0 Å². The number of allylic oxidation sites excluding steroid dienone is 1. The van der Waals surface area contributed by atoms with Crippen LogP contribution in [0.4, 0.5) is 5.95 Å². The summed E-state index contributed by atoms with van der Waals surface area (Å²) in [7, 11) is -2.79. The molecule has 2 heterocycles. The molecule has 94 valence electrons. The van der Waals surface area contributed by atoms with E-state index in [1.807, 2.05) is 10.8 Å². The molecule has 1 aliphatic rings. The van der Waals surface area contributed by atoms with Gasteiger partial charge in [0, 0.05) is 25.5 Å². The Hall–Kier alpha value is -1.30. The first-order valence-corrected chi connectivity index (χ1v) is 7.49. The molecule has 0 amide bonds. The molecule has 1 N–H and O–H groups in total. The molecule has 1 aromatic rings. The van der Waals surface area contributed by atoms with Crippen LogP contribution in [-0.4, -0.2) is 36.0 Å². The number of nitrogens with one attached hydrogen (secondary N) is 1. The molecule has 17 heavy (non-hydrogen) atoms. The third-order valence-corrected chi connectivity index (χ3v) is 4.75. The third-order valence-electron chi connectivity index (χ3n) is 2.92. The molecule has 2 rings (SSSR count). The Bertz CT molecular complexity index is 493. The fraction of sp³-hybridized carbons (Fsp3) is 0.545. The van der Waals surface area contributed by atoms with Crippen molar-refractivity contribution in [1.29, 1.82) is 0 Å². The predicted octanol–water partition coefficient (Wildman–Crippen LogP) is 0.916. The summed E-state index contributed by atoms with van der Waals surface area (Å²) in [6.07, 6.45) is 6.14. The Labute approximate surface area is 101 Å². The quantitative estimate of drug-likeness (QED) is 0.795. The van der Waals surface area contributed by atoms with Crippen LogP contribution in [0.1, 0.15) is 6.42 Å². The summed E-state index contributed by atoms with van der Waals surface area (Å²) in [5, 5.41) is 3.20. The van der Waals surface area contributed by atoms with E-state index in [0.717, 1.165) is 12.4 Å². The number of imidazole rings is 1. The molecule has 1 atom stereocenters. The molecule has 1 fully saturated rings. The normalized spacial score (nSPS) is 22.5. The molecule has 1 saturated heterocycles. The van der Waals surface area contributed by atoms with Gasteiger partial charge < -0.3 is 9.88 Å². The summed E-state index contributed by atoms with van der Waals surface area (Å²) in [5.74, 6) is 1.59. The fourth-order valence-electron chi connectivity index (χ4n) is 2.03. The van der Waals surface area contributed by atoms with Gasteiger partial charge in [-0.05, 0) is 12.3 Å². The highest BCUT2D eigenvalue weighted by atomic mass is 32.2. The largest absolute Gasteiger partial charge is 0.355 e. The van der Waals surface area contributed by atoms with Crippen molar-refractivity contribution >= 4 is 15.8 Å². The van der Waals surface area contributed by atoms with Gasteiger partial charge in [0.05, 0.1) is 11.5 Å². The number of sulfone groups is 1. The highest BCUT2D eigenvalue weighted by molar-refractivity contribution is 7.91. The van der Waals surface area contributed by atoms with Crippen molar-refractivity contribution in [1.82, 2.24) is 9.55 Å². The molecule has 5 nitrogen and oxygen atoms in total. The van der Waals surface area contributed by atoms with Crippen LogP contribution in [0, 0.1) is 5.92 Å². The van der Waals surface area contributed by atoms with Crippen LogP contribution in [0.5, 0.6) is 0 Å². The van der Waals surface area contributed by atoms with Gasteiger partial charge in [0.1, 0.15) is 0 Å². The van der Waals surface area contributed by atoms with Crippen molar-refractivity contribution in [2.24, 2.45) is 5.92 Å². The van der Waals surface area contributed by atoms with E-state index in [1.165, 1.54) is 0 Å². The fourth-order valence-corrected chi connectivity index (χ4v) is 3.89. The number of hydrogen-bond donors (Lipinski definition) is 1. The SMILES string of the molecule is C=CCn1ccnc1NCC1CCS(=O)(=O)C1. The molecule has 0 aromatic carbocycles. The first-order chi connectivity index (χ1) is 8.11. The van der Waals surface area contributed by atoms with Gasteiger partial charge in [-0.3, -0.25) is 0 Å². The van der Waals surface area contributed by atoms with E-state index in [-0.39, 0.29) is 5.92 Å². The van der Waals surface area contributed by atoms with Gasteiger partial charge in [-0.2, -0.15) is 0 Å². The minimum atomic E-state index is -2.79. The molecule has 1 aromatic heterocycles. The Morgan fingerprint density at radius 1 is 1.65 bits per heavy atom. The van der Waals surface area contributed by atoms with Gasteiger partial charge in [0.2, 0.25) is 5.95 Å². The van der Waals surface area contributed by atoms with E-state index in [0.29, 0.717) is 24.6 Å². The van der Waals surface area contributed by atoms with Crippen LogP contribution in [0.25, 0.3) is 0 Å². The number of anilines is 1. The van der Waals surface area contributed by atoms with Crippen LogP contribution in [0.3, 0.4) is 0 Å². The molecule has 1 unspecified atom stereocenters. The number of hydrogen-bond acceptors (Lipinski definition) is 4. The van der Waals surface area contributed by atoms with Crippen LogP contribution >= 0.6 is 0 Å². The second kappa shape index (κ2) is 4.91. The maximum atomic E-state index is 11.3. The Kier molecular flexibility index (Phi) is 3.51. The zero-order chi connectivity index (χ0) is 12.3. The summed E-state index contributed by atoms with van der Waals surface area (Å²) in [6, 6.07) is 0. The minimum absolute atomic E-state index is 0.203. The van der Waals surface area contributed by atoms with E-state index in [9.17, 15) is 8.42 Å². The second-order valence-electron chi connectivity index (χ2n) is 4.34. The highest BCUT2D eigenvalue weighted by Gasteiger charge is 2.27. The van der Waals surface area contributed by atoms with Crippen LogP contribution in [0.2, 0.25) is 0 Å². The summed E-state index contributed by atoms with van der Waals surface area (Å²) < 4.78 is 24.6. The highest BCUT2D eigenvalue weighted by Crippen LogP contribution is 2.18. The van der Waals surface area contributed by atoms with Gasteiger partial charge in [-0.25, -0.2) is 13.4 Å². The molecule has 0 bridgehead atoms. The lowest BCUT2D eigenvalue weighted by atomic mass is 10.1. The average molecular weight is 255 g/mol. The Morgan fingerprint density at radius 2 is 2.47 bits per heavy atom. The Morgan fingerprint density at radius 3 is 3.12 bits per heavy atom. The second-order valence-corrected chi connectivity index (χ2v) is 6.57. The monoisotopic (exact) mass is 255 g/mol. The first-order valence-electron chi connectivity index (χ1n) is 5.67. The lowest BCUT2D eigenvalue weighted by Crippen LogP contribution is -2.17. The van der Waals surface area contributed by atoms with Gasteiger partial charge >= 0.3 is 0 Å². The molecule has 0 radical (unpaired) electrons. The molecular weight excluding hydrogens is 238 g/mol. The molecule has 1 aliphatic heterocycles. The zero-order valence-corrected chi connectivity index (χ0v) is 10.5. The van der Waals surface area contributed by atoms with Crippen molar-refractivity contribution in [3.63, 3.8) is 0 Å². The molecule has 6 heteroatoms. The molecule has 0 aliphatic carbocycles. The maximum absolute atomic E-state index is 11.3. The van der Waals surface area contributed by atoms with Gasteiger partial charge in [-0.1, -0.05) is 6.08 Å². The summed E-state index contributed by atoms with van der Waals surface area (Å²) >= 11 is 0. The van der Waals surface area contributed by atoms with Gasteiger partial charge in [-0.15, -0.1) is 6.58 Å². The predicted molar refractivity (Wildman–Crippen MR) is 67.7 cm³/mol. The lowest BCUT2D eigenvalue weighted by molar-refractivity contribution is 0.595. The smallest absolute Gasteiger partial charge is 0.203 e. The van der Waals surface area contributed by atoms with Gasteiger partial charge in [0.25, 0.3) is 0 Å². The van der Waals surface area contributed by atoms with Crippen molar-refractivity contribution < 1.29 is 8.42 Å². The van der Waals surface area contributed by atoms with Gasteiger partial charge in [0.15, 0.2) is 9.84 Å². The topological polar surface area (TPSA) is 64.0 Å². The summed E-state index contributed by atoms with van der Waals surface area (Å²) in [6.45, 7) is 5.04. The minimum Gasteiger partial charge on any atom is -0.355 e. The number of aromatic nitrogens is 2. The van der Waals surface area contributed by atoms with E-state index in [2.05, 4.69) is 16.9 Å². The van der Waals surface area contributed by atoms with Crippen LogP contribution in [0.15, 0.2) is 25.0 Å². The van der Waals surface area contributed by atoms with Crippen molar-refractivity contribution in [3.05, 3.63) is 25.0 Å². The summed E-state index contributed by atoms with van der Waals surface area (Å²) in [5.41, 5.74) is 0. The van der Waals surface area contributed by atoms with Crippen LogP contribution in [-0.2, 0) is 16.4 Å². The standard InChI is InChI=1S/C11H17N3O2S/c1-2-5-14-6-4-12-11(14)13-8-10-3-7-17(15,16)9-10/h2,4,6,10H,1,3,5,7-9H2,(H,12,13). The van der Waals surface area contributed by atoms with Crippen molar-refractivity contribution in [2.75, 3.05) is 23.4 Å². The molecule has 0 saturated carbocycles. The van der Waals surface area contributed by atoms with E-state index >= 15 is 0 Å². The summed E-state index contributed by atoms with van der Waals surface area (Å²) in [4.78, 5) is 4.19.